The Bertz CT molecular complexity index is 413. The Hall–Kier alpha value is -1.60. The van der Waals surface area contributed by atoms with Crippen LogP contribution in [0.25, 0.3) is 0 Å². The van der Waals surface area contributed by atoms with Crippen molar-refractivity contribution in [2.45, 2.75) is 11.8 Å². The molecule has 0 aliphatic heterocycles. The van der Waals surface area contributed by atoms with Crippen molar-refractivity contribution in [3.05, 3.63) is 12.1 Å². The highest BCUT2D eigenvalue weighted by molar-refractivity contribution is 7.99. The Morgan fingerprint density at radius 2 is 2.06 bits per heavy atom. The molecule has 102 valence electrons. The fourth-order valence-electron chi connectivity index (χ4n) is 1.29. The highest BCUT2D eigenvalue weighted by Gasteiger charge is 2.06. The molecular formula is C11H19N3O3S. The number of hydrogen-bond donors (Lipinski definition) is 3. The fourth-order valence-corrected chi connectivity index (χ4v) is 2.13. The first kappa shape index (κ1) is 16.4. The zero-order valence-corrected chi connectivity index (χ0v) is 11.3. The van der Waals surface area contributed by atoms with E-state index >= 15 is 0 Å². The number of nitrogen functional groups attached to an aromatic ring is 2. The molecule has 18 heavy (non-hydrogen) atoms. The lowest BCUT2D eigenvalue weighted by Crippen LogP contribution is -2.22. The van der Waals surface area contributed by atoms with E-state index in [9.17, 15) is 4.79 Å². The first-order chi connectivity index (χ1) is 8.04. The second-order valence-electron chi connectivity index (χ2n) is 3.46. The first-order valence-electron chi connectivity index (χ1n) is 5.14. The zero-order chi connectivity index (χ0) is 12.8. The van der Waals surface area contributed by atoms with E-state index in [1.807, 2.05) is 6.07 Å². The molecule has 0 bridgehead atoms. The molecule has 0 fully saturated rings. The molecule has 0 heterocycles. The molecule has 0 aliphatic carbocycles. The molecule has 7 heteroatoms. The molecule has 1 aromatic carbocycles. The number of anilines is 2. The number of carbonyl (C=O) groups excluding carboxylic acids is 1. The summed E-state index contributed by atoms with van der Waals surface area (Å²) < 4.78 is 5.12. The van der Waals surface area contributed by atoms with Crippen LogP contribution in [0.4, 0.5) is 11.4 Å². The number of amides is 1. The van der Waals surface area contributed by atoms with E-state index in [4.69, 9.17) is 16.2 Å². The van der Waals surface area contributed by atoms with Gasteiger partial charge in [-0.1, -0.05) is 0 Å². The minimum Gasteiger partial charge on any atom is -0.495 e. The second-order valence-corrected chi connectivity index (χ2v) is 4.60. The van der Waals surface area contributed by atoms with E-state index in [2.05, 4.69) is 5.32 Å². The van der Waals surface area contributed by atoms with Gasteiger partial charge in [0.25, 0.3) is 0 Å². The molecule has 1 amide bonds. The number of carbonyl (C=O) groups is 1. The predicted octanol–water partition coefficient (Wildman–Crippen LogP) is 0.263. The highest BCUT2D eigenvalue weighted by Crippen LogP contribution is 2.33. The molecule has 0 aromatic heterocycles. The highest BCUT2D eigenvalue weighted by atomic mass is 32.2. The second kappa shape index (κ2) is 7.67. The summed E-state index contributed by atoms with van der Waals surface area (Å²) in [5.74, 6) is 1.33. The third kappa shape index (κ3) is 4.72. The van der Waals surface area contributed by atoms with Crippen LogP contribution in [0.2, 0.25) is 0 Å². The maximum atomic E-state index is 10.7. The van der Waals surface area contributed by atoms with E-state index in [1.165, 1.54) is 6.92 Å². The predicted molar refractivity (Wildman–Crippen MR) is 74.8 cm³/mol. The van der Waals surface area contributed by atoms with E-state index in [-0.39, 0.29) is 11.4 Å². The fraction of sp³-hybridized carbons (Fsp3) is 0.364. The average Bonchev–Trinajstić information content (AvgIpc) is 2.26. The molecule has 1 rings (SSSR count). The van der Waals surface area contributed by atoms with Gasteiger partial charge in [-0.3, -0.25) is 4.79 Å². The molecular weight excluding hydrogens is 254 g/mol. The third-order valence-corrected chi connectivity index (χ3v) is 3.17. The molecule has 0 saturated carbocycles. The van der Waals surface area contributed by atoms with Gasteiger partial charge in [-0.15, -0.1) is 11.8 Å². The molecule has 1 aromatic rings. The normalized spacial score (nSPS) is 9.44. The summed E-state index contributed by atoms with van der Waals surface area (Å²) in [6.07, 6.45) is 0. The van der Waals surface area contributed by atoms with Crippen molar-refractivity contribution in [2.75, 3.05) is 30.9 Å². The number of methoxy groups -OCH3 is 1. The number of thioether (sulfide) groups is 1. The third-order valence-electron chi connectivity index (χ3n) is 2.10. The summed E-state index contributed by atoms with van der Waals surface area (Å²) in [5, 5.41) is 2.72. The standard InChI is InChI=1S/C11H17N3O2S.H2O/c1-7(15)14-3-4-17-11-6-10(16-2)8(12)5-9(11)13;/h5-6H,3-4,12-13H2,1-2H3,(H,14,15);1H2. The smallest absolute Gasteiger partial charge is 0.216 e. The Labute approximate surface area is 110 Å². The van der Waals surface area contributed by atoms with Crippen LogP contribution < -0.4 is 21.5 Å². The number of nitrogens with one attached hydrogen (secondary N) is 1. The molecule has 0 spiro atoms. The van der Waals surface area contributed by atoms with Gasteiger partial charge in [0.15, 0.2) is 0 Å². The van der Waals surface area contributed by atoms with E-state index in [0.29, 0.717) is 23.7 Å². The van der Waals surface area contributed by atoms with Crippen LogP contribution in [-0.4, -0.2) is 30.8 Å². The largest absolute Gasteiger partial charge is 0.495 e. The zero-order valence-electron chi connectivity index (χ0n) is 10.4. The molecule has 7 N–H and O–H groups in total. The number of hydrogen-bond acceptors (Lipinski definition) is 5. The molecule has 0 aliphatic rings. The van der Waals surface area contributed by atoms with Gasteiger partial charge in [0, 0.05) is 29.8 Å². The summed E-state index contributed by atoms with van der Waals surface area (Å²) in [7, 11) is 1.56. The van der Waals surface area contributed by atoms with Gasteiger partial charge in [0.05, 0.1) is 12.8 Å². The van der Waals surface area contributed by atoms with Gasteiger partial charge in [-0.05, 0) is 12.1 Å². The number of ether oxygens (including phenoxy) is 1. The van der Waals surface area contributed by atoms with Crippen molar-refractivity contribution in [2.24, 2.45) is 0 Å². The Morgan fingerprint density at radius 1 is 1.39 bits per heavy atom. The average molecular weight is 273 g/mol. The van der Waals surface area contributed by atoms with E-state index < -0.39 is 0 Å². The van der Waals surface area contributed by atoms with Gasteiger partial charge < -0.3 is 27.0 Å². The maximum Gasteiger partial charge on any atom is 0.216 e. The SMILES string of the molecule is COc1cc(SCCNC(C)=O)c(N)cc1N.O. The van der Waals surface area contributed by atoms with Crippen molar-refractivity contribution in [3.63, 3.8) is 0 Å². The van der Waals surface area contributed by atoms with Gasteiger partial charge in [-0.25, -0.2) is 0 Å². The van der Waals surface area contributed by atoms with Crippen LogP contribution in [0.1, 0.15) is 6.92 Å². The van der Waals surface area contributed by atoms with Crippen molar-refractivity contribution in [1.82, 2.24) is 5.32 Å². The molecule has 0 unspecified atom stereocenters. The molecule has 0 radical (unpaired) electrons. The Balaban J connectivity index is 0.00000289. The van der Waals surface area contributed by atoms with Crippen LogP contribution >= 0.6 is 11.8 Å². The molecule has 0 saturated heterocycles. The maximum absolute atomic E-state index is 10.7. The Kier molecular flexibility index (Phi) is 6.99. The summed E-state index contributed by atoms with van der Waals surface area (Å²) in [6.45, 7) is 2.09. The summed E-state index contributed by atoms with van der Waals surface area (Å²) in [6, 6.07) is 3.49. The van der Waals surface area contributed by atoms with Gasteiger partial charge in [0.1, 0.15) is 5.75 Å². The lowest BCUT2D eigenvalue weighted by Gasteiger charge is -2.10. The van der Waals surface area contributed by atoms with Crippen LogP contribution in [0.3, 0.4) is 0 Å². The molecule has 6 nitrogen and oxygen atoms in total. The van der Waals surface area contributed by atoms with Crippen molar-refractivity contribution in [3.8, 4) is 5.75 Å². The van der Waals surface area contributed by atoms with Gasteiger partial charge in [-0.2, -0.15) is 0 Å². The van der Waals surface area contributed by atoms with Gasteiger partial charge >= 0.3 is 0 Å². The molecule has 0 atom stereocenters. The van der Waals surface area contributed by atoms with Crippen LogP contribution in [0.5, 0.6) is 5.75 Å². The number of benzene rings is 1. The minimum absolute atomic E-state index is 0. The van der Waals surface area contributed by atoms with Crippen LogP contribution in [-0.2, 0) is 4.79 Å². The van der Waals surface area contributed by atoms with Gasteiger partial charge in [0.2, 0.25) is 5.91 Å². The lowest BCUT2D eigenvalue weighted by molar-refractivity contribution is -0.118. The van der Waals surface area contributed by atoms with E-state index in [0.717, 1.165) is 10.6 Å². The van der Waals surface area contributed by atoms with Crippen LogP contribution in [0, 0.1) is 0 Å². The summed E-state index contributed by atoms with van der Waals surface area (Å²) in [4.78, 5) is 11.6. The topological polar surface area (TPSA) is 122 Å². The Morgan fingerprint density at radius 3 is 2.61 bits per heavy atom. The van der Waals surface area contributed by atoms with Crippen molar-refractivity contribution < 1.29 is 15.0 Å². The summed E-state index contributed by atoms with van der Waals surface area (Å²) in [5.41, 5.74) is 12.7. The minimum atomic E-state index is -0.0338. The number of nitrogens with two attached hydrogens (primary N) is 2. The van der Waals surface area contributed by atoms with E-state index in [1.54, 1.807) is 24.9 Å². The first-order valence-corrected chi connectivity index (χ1v) is 6.13. The van der Waals surface area contributed by atoms with Crippen LogP contribution in [0.15, 0.2) is 17.0 Å². The number of rotatable bonds is 5. The van der Waals surface area contributed by atoms with Crippen molar-refractivity contribution in [1.29, 1.82) is 0 Å². The lowest BCUT2D eigenvalue weighted by atomic mass is 10.2. The quantitative estimate of drug-likeness (QED) is 0.403. The monoisotopic (exact) mass is 273 g/mol. The van der Waals surface area contributed by atoms with Crippen molar-refractivity contribution >= 4 is 29.0 Å². The summed E-state index contributed by atoms with van der Waals surface area (Å²) >= 11 is 1.55.